The summed E-state index contributed by atoms with van der Waals surface area (Å²) in [5.74, 6) is 0. The van der Waals surface area contributed by atoms with Gasteiger partial charge in [0.2, 0.25) is 0 Å². The summed E-state index contributed by atoms with van der Waals surface area (Å²) in [5, 5.41) is 29.1. The highest BCUT2D eigenvalue weighted by Gasteiger charge is 2.39. The Kier molecular flexibility index (Phi) is 3.07. The molecule has 0 spiro atoms. The second-order valence-electron chi connectivity index (χ2n) is 4.33. The zero-order valence-electron chi connectivity index (χ0n) is 9.67. The van der Waals surface area contributed by atoms with E-state index in [9.17, 15) is 15.3 Å². The molecule has 4 N–H and O–H groups in total. The molecule has 0 radical (unpaired) electrons. The van der Waals surface area contributed by atoms with Crippen molar-refractivity contribution >= 4 is 23.4 Å². The van der Waals surface area contributed by atoms with Gasteiger partial charge < -0.3 is 25.0 Å². The lowest BCUT2D eigenvalue weighted by Gasteiger charge is -2.35. The van der Waals surface area contributed by atoms with Gasteiger partial charge in [-0.2, -0.15) is 0 Å². The molecular formula is C10H12N4O4S. The van der Waals surface area contributed by atoms with Crippen molar-refractivity contribution in [2.24, 2.45) is 0 Å². The summed E-state index contributed by atoms with van der Waals surface area (Å²) in [6.07, 6.45) is -1.64. The number of aromatic nitrogens is 4. The molecule has 9 heteroatoms. The summed E-state index contributed by atoms with van der Waals surface area (Å²) < 4.78 is 7.21. The highest BCUT2D eigenvalue weighted by Crippen LogP contribution is 2.26. The maximum Gasteiger partial charge on any atom is 0.165 e. The minimum atomic E-state index is -1.28. The van der Waals surface area contributed by atoms with Crippen molar-refractivity contribution < 1.29 is 20.1 Å². The molecule has 4 atom stereocenters. The third-order valence-electron chi connectivity index (χ3n) is 3.13. The Bertz CT molecular complexity index is 656. The lowest BCUT2D eigenvalue weighted by Crippen LogP contribution is -2.50. The van der Waals surface area contributed by atoms with Crippen LogP contribution >= 0.6 is 12.2 Å². The van der Waals surface area contributed by atoms with Crippen molar-refractivity contribution in [3.8, 4) is 0 Å². The van der Waals surface area contributed by atoms with E-state index in [2.05, 4.69) is 15.0 Å². The molecule has 0 unspecified atom stereocenters. The Morgan fingerprint density at radius 2 is 2.11 bits per heavy atom. The van der Waals surface area contributed by atoms with E-state index in [4.69, 9.17) is 17.0 Å². The third kappa shape index (κ3) is 1.95. The van der Waals surface area contributed by atoms with Gasteiger partial charge >= 0.3 is 0 Å². The monoisotopic (exact) mass is 284 g/mol. The number of aliphatic hydroxyl groups is 3. The maximum atomic E-state index is 9.97. The van der Waals surface area contributed by atoms with Gasteiger partial charge in [-0.25, -0.2) is 9.97 Å². The number of fused-ring (bicyclic) bond motifs is 1. The zero-order chi connectivity index (χ0) is 13.6. The molecule has 3 rings (SSSR count). The van der Waals surface area contributed by atoms with Crippen LogP contribution in [0.5, 0.6) is 0 Å². The summed E-state index contributed by atoms with van der Waals surface area (Å²) >= 11 is 5.04. The zero-order valence-corrected chi connectivity index (χ0v) is 10.5. The van der Waals surface area contributed by atoms with Gasteiger partial charge in [0.05, 0.1) is 19.3 Å². The van der Waals surface area contributed by atoms with Crippen LogP contribution in [0.25, 0.3) is 11.2 Å². The van der Waals surface area contributed by atoms with E-state index in [1.807, 2.05) is 0 Å². The van der Waals surface area contributed by atoms with Crippen molar-refractivity contribution in [3.05, 3.63) is 17.3 Å². The van der Waals surface area contributed by atoms with Crippen molar-refractivity contribution in [2.45, 2.75) is 24.5 Å². The fourth-order valence-electron chi connectivity index (χ4n) is 2.10. The van der Waals surface area contributed by atoms with Gasteiger partial charge in [-0.3, -0.25) is 4.57 Å². The van der Waals surface area contributed by atoms with Crippen LogP contribution in [-0.4, -0.2) is 59.8 Å². The van der Waals surface area contributed by atoms with Crippen LogP contribution in [0.1, 0.15) is 6.23 Å². The second-order valence-corrected chi connectivity index (χ2v) is 4.72. The minimum Gasteiger partial charge on any atom is -0.388 e. The molecule has 1 saturated heterocycles. The van der Waals surface area contributed by atoms with Gasteiger partial charge in [-0.05, 0) is 0 Å². The first-order chi connectivity index (χ1) is 9.09. The largest absolute Gasteiger partial charge is 0.388 e. The maximum absolute atomic E-state index is 9.97. The first-order valence-electron chi connectivity index (χ1n) is 5.65. The van der Waals surface area contributed by atoms with Crippen molar-refractivity contribution in [1.29, 1.82) is 0 Å². The SMILES string of the molecule is O[C@@H]1[C@@H](O)[C@H](n2cnc3c(=S)nc[nH]c32)OC[C@H]1O. The van der Waals surface area contributed by atoms with E-state index in [0.29, 0.717) is 15.8 Å². The molecule has 0 bridgehead atoms. The van der Waals surface area contributed by atoms with Crippen LogP contribution in [0.3, 0.4) is 0 Å². The van der Waals surface area contributed by atoms with E-state index < -0.39 is 24.5 Å². The Morgan fingerprint density at radius 3 is 2.89 bits per heavy atom. The quantitative estimate of drug-likeness (QED) is 0.501. The highest BCUT2D eigenvalue weighted by molar-refractivity contribution is 7.71. The van der Waals surface area contributed by atoms with Gasteiger partial charge in [0, 0.05) is 0 Å². The Hall–Kier alpha value is -1.39. The molecule has 3 heterocycles. The predicted molar refractivity (Wildman–Crippen MR) is 65.7 cm³/mol. The summed E-state index contributed by atoms with van der Waals surface area (Å²) in [5.41, 5.74) is 1.02. The van der Waals surface area contributed by atoms with E-state index in [0.717, 1.165) is 0 Å². The fraction of sp³-hybridized carbons (Fsp3) is 0.500. The van der Waals surface area contributed by atoms with E-state index in [1.54, 1.807) is 0 Å². The van der Waals surface area contributed by atoms with Gasteiger partial charge in [-0.15, -0.1) is 0 Å². The third-order valence-corrected chi connectivity index (χ3v) is 3.43. The number of ether oxygens (including phenoxy) is 1. The summed E-state index contributed by atoms with van der Waals surface area (Å²) in [7, 11) is 0. The molecule has 2 aromatic rings. The molecular weight excluding hydrogens is 272 g/mol. The molecule has 0 aliphatic carbocycles. The van der Waals surface area contributed by atoms with Crippen molar-refractivity contribution in [2.75, 3.05) is 6.61 Å². The molecule has 1 aliphatic rings. The van der Waals surface area contributed by atoms with Gasteiger partial charge in [-0.1, -0.05) is 12.2 Å². The first kappa shape index (κ1) is 12.6. The number of imidazole rings is 1. The molecule has 1 aliphatic heterocycles. The first-order valence-corrected chi connectivity index (χ1v) is 6.06. The number of H-pyrrole nitrogens is 1. The van der Waals surface area contributed by atoms with Crippen molar-refractivity contribution in [3.63, 3.8) is 0 Å². The summed E-state index contributed by atoms with van der Waals surface area (Å²) in [6.45, 7) is -0.0750. The van der Waals surface area contributed by atoms with Gasteiger partial charge in [0.1, 0.15) is 29.5 Å². The fourth-order valence-corrected chi connectivity index (χ4v) is 2.30. The average Bonchev–Trinajstić information content (AvgIpc) is 2.82. The van der Waals surface area contributed by atoms with Crippen LogP contribution in [0, 0.1) is 4.64 Å². The molecule has 1 fully saturated rings. The Labute approximate surface area is 112 Å². The van der Waals surface area contributed by atoms with Gasteiger partial charge in [0.15, 0.2) is 10.9 Å². The summed E-state index contributed by atoms with van der Waals surface area (Å²) in [6, 6.07) is 0. The lowest BCUT2D eigenvalue weighted by atomic mass is 10.0. The Balaban J connectivity index is 2.05. The van der Waals surface area contributed by atoms with E-state index >= 15 is 0 Å². The molecule has 0 saturated carbocycles. The van der Waals surface area contributed by atoms with E-state index in [-0.39, 0.29) is 6.61 Å². The molecule has 19 heavy (non-hydrogen) atoms. The minimum absolute atomic E-state index is 0.0750. The number of nitrogens with zero attached hydrogens (tertiary/aromatic N) is 3. The van der Waals surface area contributed by atoms with E-state index in [1.165, 1.54) is 17.2 Å². The average molecular weight is 284 g/mol. The highest BCUT2D eigenvalue weighted by atomic mass is 32.1. The van der Waals surface area contributed by atoms with Crippen LogP contribution in [0.15, 0.2) is 12.7 Å². The molecule has 8 nitrogen and oxygen atoms in total. The second kappa shape index (κ2) is 4.62. The Morgan fingerprint density at radius 1 is 1.32 bits per heavy atom. The standard InChI is InChI=1S/C10H12N4O4S/c15-4-1-18-10(7(17)6(4)16)14-3-13-5-8(14)11-2-12-9(5)19/h2-4,6-7,10,15-17H,1H2,(H,11,12,19)/t4-,6+,7-,10-/m1/s1. The normalized spacial score (nSPS) is 31.7. The number of nitrogens with one attached hydrogen (secondary N) is 1. The molecule has 102 valence electrons. The number of aromatic amines is 1. The van der Waals surface area contributed by atoms with Crippen LogP contribution < -0.4 is 0 Å². The van der Waals surface area contributed by atoms with Gasteiger partial charge in [0.25, 0.3) is 0 Å². The smallest absolute Gasteiger partial charge is 0.165 e. The van der Waals surface area contributed by atoms with Crippen molar-refractivity contribution in [1.82, 2.24) is 19.5 Å². The lowest BCUT2D eigenvalue weighted by molar-refractivity contribution is -0.210. The molecule has 0 amide bonds. The summed E-state index contributed by atoms with van der Waals surface area (Å²) in [4.78, 5) is 10.9. The van der Waals surface area contributed by atoms with Crippen LogP contribution in [0.2, 0.25) is 0 Å². The number of hydrogen-bond acceptors (Lipinski definition) is 7. The number of rotatable bonds is 1. The number of hydrogen-bond donors (Lipinski definition) is 4. The molecule has 0 aromatic carbocycles. The van der Waals surface area contributed by atoms with Crippen LogP contribution in [-0.2, 0) is 4.74 Å². The van der Waals surface area contributed by atoms with Crippen LogP contribution in [0.4, 0.5) is 0 Å². The number of aliphatic hydroxyl groups excluding tert-OH is 3. The topological polar surface area (TPSA) is 116 Å². The predicted octanol–water partition coefficient (Wildman–Crippen LogP) is -0.900. The molecule has 2 aromatic heterocycles.